The van der Waals surface area contributed by atoms with Crippen LogP contribution in [0.5, 0.6) is 5.75 Å². The molecule has 4 aliphatic rings. The van der Waals surface area contributed by atoms with E-state index in [1.54, 1.807) is 14.1 Å². The van der Waals surface area contributed by atoms with E-state index in [1.807, 2.05) is 22.9 Å². The number of aliphatic hydroxyl groups excluding tert-OH is 2. The number of phenolic OH excluding ortho intramolecular Hbond substituents is 1. The summed E-state index contributed by atoms with van der Waals surface area (Å²) in [6, 6.07) is 2.81. The van der Waals surface area contributed by atoms with Crippen LogP contribution < -0.4 is 11.1 Å². The molecule has 1 saturated carbocycles. The normalized spacial score (nSPS) is 28.2. The number of nitrogens with zero attached hydrogens (tertiary/aromatic N) is 2. The van der Waals surface area contributed by atoms with Gasteiger partial charge in [0, 0.05) is 17.5 Å². The third kappa shape index (κ3) is 4.38. The van der Waals surface area contributed by atoms with Crippen molar-refractivity contribution in [2.75, 3.05) is 39.5 Å². The lowest BCUT2D eigenvalue weighted by molar-refractivity contribution is -0.153. The minimum absolute atomic E-state index is 0.0468. The Labute approximate surface area is 252 Å². The zero-order valence-electron chi connectivity index (χ0n) is 24.3. The molecule has 228 valence electrons. The van der Waals surface area contributed by atoms with Crippen molar-refractivity contribution >= 4 is 40.3 Å². The Kier molecular flexibility index (Phi) is 7.15. The largest absolute Gasteiger partial charge is 0.508 e. The van der Waals surface area contributed by atoms with Crippen molar-refractivity contribution in [3.63, 3.8) is 0 Å². The molecule has 1 aliphatic heterocycles. The van der Waals surface area contributed by atoms with E-state index in [9.17, 15) is 34.8 Å². The molecule has 1 amide bonds. The number of benzene rings is 1. The average molecular weight is 609 g/mol. The number of hydrogen-bond acceptors (Lipinski definition) is 11. The van der Waals surface area contributed by atoms with Crippen molar-refractivity contribution in [2.45, 2.75) is 43.4 Å². The van der Waals surface area contributed by atoms with E-state index in [4.69, 9.17) is 5.73 Å². The highest BCUT2D eigenvalue weighted by molar-refractivity contribution is 7.08. The molecule has 0 radical (unpaired) electrons. The van der Waals surface area contributed by atoms with E-state index in [0.717, 1.165) is 37.1 Å². The smallest absolute Gasteiger partial charge is 0.255 e. The monoisotopic (exact) mass is 608 g/mol. The number of anilines is 1. The molecule has 1 aromatic heterocycles. The van der Waals surface area contributed by atoms with Crippen LogP contribution in [0.25, 0.3) is 16.9 Å². The summed E-state index contributed by atoms with van der Waals surface area (Å²) in [6.07, 6.45) is 2.01. The van der Waals surface area contributed by atoms with Crippen LogP contribution in [0.4, 0.5) is 5.69 Å². The fraction of sp³-hybridized carbons (Fsp3) is 0.452. The number of rotatable bonds is 5. The fourth-order valence-electron chi connectivity index (χ4n) is 7.47. The number of piperidine rings is 1. The molecule has 1 saturated heterocycles. The molecule has 4 unspecified atom stereocenters. The standard InChI is InChI=1S/C31H36N4O7S/c1-34(2)24-19-11-15-10-18-17(14-6-9-43-13-14)12-20(33-16-4-7-35(3)8-5-16)25(36)22(18)26(37)21(15)28(39)31(19,42)29(40)23(27(24)38)30(32)41/h6,9,12-13,15-16,19,24,33,36-37,40,42H,4-5,7-8,10-11H2,1-3H3,(H2,32,41). The minimum Gasteiger partial charge on any atom is -0.508 e. The molecule has 4 atom stereocenters. The van der Waals surface area contributed by atoms with E-state index in [-0.39, 0.29) is 35.8 Å². The second kappa shape index (κ2) is 10.5. The SMILES string of the molecule is CN1CCC(Nc2cc(-c3ccsc3)c3c(c2O)C(O)=C2C(=O)C4(O)C(O)=C(C(N)=O)C(=O)C(N(C)C)C4CC2C3)CC1. The van der Waals surface area contributed by atoms with Crippen LogP contribution >= 0.6 is 11.3 Å². The number of Topliss-reactive ketones (excluding diaryl/α,β-unsaturated/α-hetero) is 2. The number of phenols is 1. The molecular weight excluding hydrogens is 572 g/mol. The summed E-state index contributed by atoms with van der Waals surface area (Å²) in [7, 11) is 5.22. The van der Waals surface area contributed by atoms with E-state index >= 15 is 0 Å². The Morgan fingerprint density at radius 3 is 2.49 bits per heavy atom. The van der Waals surface area contributed by atoms with Gasteiger partial charge >= 0.3 is 0 Å². The summed E-state index contributed by atoms with van der Waals surface area (Å²) in [4.78, 5) is 43.5. The van der Waals surface area contributed by atoms with Crippen LogP contribution in [0.1, 0.15) is 30.4 Å². The molecule has 0 spiro atoms. The van der Waals surface area contributed by atoms with E-state index in [0.29, 0.717) is 11.3 Å². The quantitative estimate of drug-likeness (QED) is 0.218. The van der Waals surface area contributed by atoms with Crippen molar-refractivity contribution in [3.8, 4) is 16.9 Å². The number of hydrogen-bond donors (Lipinski definition) is 6. The number of ketones is 2. The Balaban J connectivity index is 1.53. The Hall–Kier alpha value is -3.71. The summed E-state index contributed by atoms with van der Waals surface area (Å²) >= 11 is 1.51. The number of aliphatic hydroxyl groups is 3. The number of aromatic hydroxyl groups is 1. The van der Waals surface area contributed by atoms with Gasteiger partial charge in [0.05, 0.1) is 17.3 Å². The Bertz CT molecular complexity index is 1590. The van der Waals surface area contributed by atoms with Crippen molar-refractivity contribution in [2.24, 2.45) is 17.6 Å². The third-order valence-electron chi connectivity index (χ3n) is 9.63. The van der Waals surface area contributed by atoms with Crippen LogP contribution in [-0.2, 0) is 20.8 Å². The number of thiophene rings is 1. The first-order valence-corrected chi connectivity index (χ1v) is 15.3. The molecule has 12 heteroatoms. The number of carbonyl (C=O) groups is 3. The Morgan fingerprint density at radius 2 is 1.88 bits per heavy atom. The van der Waals surface area contributed by atoms with E-state index < -0.39 is 58.0 Å². The maximum absolute atomic E-state index is 14.2. The first-order valence-electron chi connectivity index (χ1n) is 14.4. The summed E-state index contributed by atoms with van der Waals surface area (Å²) < 4.78 is 0. The summed E-state index contributed by atoms with van der Waals surface area (Å²) in [6.45, 7) is 1.79. The molecule has 11 nitrogen and oxygen atoms in total. The lowest BCUT2D eigenvalue weighted by Gasteiger charge is -2.50. The van der Waals surface area contributed by atoms with Gasteiger partial charge in [0.25, 0.3) is 5.91 Å². The predicted octanol–water partition coefficient (Wildman–Crippen LogP) is 2.20. The van der Waals surface area contributed by atoms with Crippen molar-refractivity contribution in [1.29, 1.82) is 0 Å². The fourth-order valence-corrected chi connectivity index (χ4v) is 8.13. The van der Waals surface area contributed by atoms with Gasteiger partial charge in [-0.1, -0.05) is 0 Å². The van der Waals surface area contributed by atoms with Crippen molar-refractivity contribution < 1.29 is 34.8 Å². The molecule has 2 heterocycles. The number of amides is 1. The van der Waals surface area contributed by atoms with Gasteiger partial charge in [-0.2, -0.15) is 11.3 Å². The van der Waals surface area contributed by atoms with E-state index in [2.05, 4.69) is 17.3 Å². The lowest BCUT2D eigenvalue weighted by Crippen LogP contribution is -2.65. The second-order valence-electron chi connectivity index (χ2n) is 12.4. The topological polar surface area (TPSA) is 177 Å². The molecule has 0 bridgehead atoms. The number of nitrogens with two attached hydrogens (primary N) is 1. The first-order chi connectivity index (χ1) is 20.4. The lowest BCUT2D eigenvalue weighted by atomic mass is 9.57. The number of carbonyl (C=O) groups excluding carboxylic acids is 3. The van der Waals surface area contributed by atoms with Crippen LogP contribution in [-0.4, -0.2) is 99.6 Å². The van der Waals surface area contributed by atoms with Gasteiger partial charge in [0.15, 0.2) is 11.4 Å². The average Bonchev–Trinajstić information content (AvgIpc) is 3.48. The highest BCUT2D eigenvalue weighted by atomic mass is 32.1. The van der Waals surface area contributed by atoms with Crippen LogP contribution in [0, 0.1) is 11.8 Å². The van der Waals surface area contributed by atoms with E-state index in [1.165, 1.54) is 16.2 Å². The Morgan fingerprint density at radius 1 is 1.19 bits per heavy atom. The second-order valence-corrected chi connectivity index (χ2v) is 13.1. The van der Waals surface area contributed by atoms with Crippen molar-refractivity contribution in [1.82, 2.24) is 9.80 Å². The number of primary amides is 1. The molecule has 43 heavy (non-hydrogen) atoms. The summed E-state index contributed by atoms with van der Waals surface area (Å²) in [5.74, 6) is -6.58. The highest BCUT2D eigenvalue weighted by Gasteiger charge is 2.64. The van der Waals surface area contributed by atoms with Gasteiger partial charge in [0.2, 0.25) is 5.78 Å². The summed E-state index contributed by atoms with van der Waals surface area (Å²) in [5.41, 5.74) is 4.63. The number of nitrogens with one attached hydrogen (secondary N) is 1. The highest BCUT2D eigenvalue weighted by Crippen LogP contribution is 2.54. The zero-order chi connectivity index (χ0) is 31.0. The number of likely N-dealkylation sites (N-methyl/N-ethyl adjacent to an activating group) is 1. The van der Waals surface area contributed by atoms with Gasteiger partial charge in [-0.05, 0) is 105 Å². The predicted molar refractivity (Wildman–Crippen MR) is 162 cm³/mol. The molecule has 6 rings (SSSR count). The van der Waals surface area contributed by atoms with Crippen LogP contribution in [0.2, 0.25) is 0 Å². The molecule has 2 fully saturated rings. The van der Waals surface area contributed by atoms with Crippen LogP contribution in [0.15, 0.2) is 39.8 Å². The first kappa shape index (κ1) is 29.4. The molecule has 3 aliphatic carbocycles. The number of likely N-dealkylation sites (tertiary alicyclic amines) is 1. The molecule has 7 N–H and O–H groups in total. The molecule has 2 aromatic rings. The van der Waals surface area contributed by atoms with Gasteiger partial charge in [-0.15, -0.1) is 0 Å². The zero-order valence-corrected chi connectivity index (χ0v) is 25.1. The maximum Gasteiger partial charge on any atom is 0.255 e. The summed E-state index contributed by atoms with van der Waals surface area (Å²) in [5, 5.41) is 53.7. The van der Waals surface area contributed by atoms with Gasteiger partial charge < -0.3 is 36.4 Å². The van der Waals surface area contributed by atoms with Crippen molar-refractivity contribution in [3.05, 3.63) is 50.9 Å². The van der Waals surface area contributed by atoms with Crippen LogP contribution in [0.3, 0.4) is 0 Å². The van der Waals surface area contributed by atoms with Gasteiger partial charge in [0.1, 0.15) is 22.8 Å². The molecule has 1 aromatic carbocycles. The maximum atomic E-state index is 14.2. The number of fused-ring (bicyclic) bond motifs is 3. The minimum atomic E-state index is -2.67. The molecular formula is C31H36N4O7S. The van der Waals surface area contributed by atoms with Gasteiger partial charge in [-0.3, -0.25) is 19.3 Å². The van der Waals surface area contributed by atoms with Gasteiger partial charge in [-0.25, -0.2) is 0 Å². The third-order valence-corrected chi connectivity index (χ3v) is 10.3.